The summed E-state index contributed by atoms with van der Waals surface area (Å²) in [5.41, 5.74) is 0.830. The Balaban J connectivity index is 1.50. The van der Waals surface area contributed by atoms with Crippen LogP contribution in [0.4, 0.5) is 19.0 Å². The minimum atomic E-state index is -4.49. The summed E-state index contributed by atoms with van der Waals surface area (Å²) in [4.78, 5) is 21.0. The van der Waals surface area contributed by atoms with Crippen LogP contribution in [0.15, 0.2) is 54.0 Å². The van der Waals surface area contributed by atoms with Crippen LogP contribution < -0.4 is 10.1 Å². The number of aromatic nitrogens is 4. The molecule has 0 aliphatic carbocycles. The van der Waals surface area contributed by atoms with E-state index < -0.39 is 17.6 Å². The Labute approximate surface area is 190 Å². The third-order valence-corrected chi connectivity index (χ3v) is 5.34. The molecular weight excluding hydrogens is 455 g/mol. The maximum atomic E-state index is 12.8. The number of pyridine rings is 1. The van der Waals surface area contributed by atoms with E-state index in [9.17, 15) is 18.0 Å². The number of alkyl halides is 3. The zero-order valence-corrected chi connectivity index (χ0v) is 18.4. The molecule has 170 valence electrons. The van der Waals surface area contributed by atoms with Crippen molar-refractivity contribution in [3.05, 3.63) is 81.6 Å². The van der Waals surface area contributed by atoms with Crippen molar-refractivity contribution < 1.29 is 22.7 Å². The molecule has 0 bridgehead atoms. The lowest BCUT2D eigenvalue weighted by atomic mass is 10.2. The zero-order chi connectivity index (χ0) is 23.6. The lowest BCUT2D eigenvalue weighted by Crippen LogP contribution is -2.16. The molecule has 0 saturated carbocycles. The lowest BCUT2D eigenvalue weighted by molar-refractivity contribution is -0.137. The zero-order valence-electron chi connectivity index (χ0n) is 17.6. The number of hydrogen-bond donors (Lipinski definition) is 1. The predicted octanol–water partition coefficient (Wildman–Crippen LogP) is 5.19. The molecule has 11 heteroatoms. The van der Waals surface area contributed by atoms with Crippen molar-refractivity contribution in [3.63, 3.8) is 0 Å². The van der Waals surface area contributed by atoms with Gasteiger partial charge in [-0.2, -0.15) is 23.0 Å². The third kappa shape index (κ3) is 5.37. The Hall–Kier alpha value is -3.73. The quantitative estimate of drug-likeness (QED) is 0.417. The topological polar surface area (TPSA) is 81.9 Å². The average Bonchev–Trinajstić information content (AvgIpc) is 3.36. The van der Waals surface area contributed by atoms with Crippen LogP contribution in [0.3, 0.4) is 0 Å². The number of ether oxygens (including phenoxy) is 1. The number of carbonyl (C=O) groups is 1. The van der Waals surface area contributed by atoms with Crippen LogP contribution in [-0.4, -0.2) is 25.7 Å². The van der Waals surface area contributed by atoms with Crippen molar-refractivity contribution in [2.45, 2.75) is 26.6 Å². The summed E-state index contributed by atoms with van der Waals surface area (Å²) in [6.07, 6.45) is -3.77. The van der Waals surface area contributed by atoms with Crippen LogP contribution in [0.2, 0.25) is 0 Å². The van der Waals surface area contributed by atoms with E-state index in [2.05, 4.69) is 20.4 Å². The minimum absolute atomic E-state index is 0.141. The van der Waals surface area contributed by atoms with Gasteiger partial charge in [0.25, 0.3) is 5.91 Å². The van der Waals surface area contributed by atoms with Crippen molar-refractivity contribution in [3.8, 4) is 11.6 Å². The molecule has 33 heavy (non-hydrogen) atoms. The van der Waals surface area contributed by atoms with Gasteiger partial charge in [0, 0.05) is 23.2 Å². The number of benzene rings is 1. The second kappa shape index (κ2) is 9.02. The van der Waals surface area contributed by atoms with Crippen LogP contribution in [-0.2, 0) is 12.8 Å². The maximum Gasteiger partial charge on any atom is 0.417 e. The van der Waals surface area contributed by atoms with Crippen molar-refractivity contribution in [2.24, 2.45) is 0 Å². The Bertz CT molecular complexity index is 1280. The number of nitrogens with one attached hydrogen (secondary N) is 1. The van der Waals surface area contributed by atoms with Crippen molar-refractivity contribution in [1.82, 2.24) is 19.7 Å². The standard InChI is InChI=1S/C22H18F3N5O2S/c1-13-8-20(30(29-13)19-7-6-16(10-26-19)22(23,24)25)28-21(31)15-4-3-5-18(9-15)32-11-17-12-33-14(2)27-17/h3-10,12H,11H2,1-2H3,(H,28,31). The van der Waals surface area contributed by atoms with E-state index in [4.69, 9.17) is 4.74 Å². The van der Waals surface area contributed by atoms with Gasteiger partial charge in [0.05, 0.1) is 22.0 Å². The van der Waals surface area contributed by atoms with Crippen LogP contribution in [0.25, 0.3) is 5.82 Å². The van der Waals surface area contributed by atoms with Crippen molar-refractivity contribution in [2.75, 3.05) is 5.32 Å². The highest BCUT2D eigenvalue weighted by atomic mass is 32.1. The molecule has 0 aliphatic heterocycles. The molecule has 4 rings (SSSR count). The van der Waals surface area contributed by atoms with E-state index in [-0.39, 0.29) is 18.2 Å². The molecule has 1 aromatic carbocycles. The summed E-state index contributed by atoms with van der Waals surface area (Å²) < 4.78 is 45.5. The second-order valence-corrected chi connectivity index (χ2v) is 8.18. The van der Waals surface area contributed by atoms with Gasteiger partial charge < -0.3 is 10.1 Å². The summed E-state index contributed by atoms with van der Waals surface area (Å²) in [6.45, 7) is 3.89. The fourth-order valence-corrected chi connectivity index (χ4v) is 3.59. The van der Waals surface area contributed by atoms with E-state index in [1.165, 1.54) is 22.1 Å². The van der Waals surface area contributed by atoms with Gasteiger partial charge in [-0.05, 0) is 44.2 Å². The monoisotopic (exact) mass is 473 g/mol. The number of thiazole rings is 1. The van der Waals surface area contributed by atoms with Crippen molar-refractivity contribution in [1.29, 1.82) is 0 Å². The number of hydrogen-bond acceptors (Lipinski definition) is 6. The molecule has 7 nitrogen and oxygen atoms in total. The Morgan fingerprint density at radius 2 is 2.00 bits per heavy atom. The normalized spacial score (nSPS) is 11.4. The van der Waals surface area contributed by atoms with Gasteiger partial charge in [0.1, 0.15) is 18.2 Å². The highest BCUT2D eigenvalue weighted by Gasteiger charge is 2.30. The predicted molar refractivity (Wildman–Crippen MR) is 117 cm³/mol. The third-order valence-electron chi connectivity index (χ3n) is 4.51. The van der Waals surface area contributed by atoms with E-state index >= 15 is 0 Å². The molecule has 0 fully saturated rings. The Morgan fingerprint density at radius 3 is 2.67 bits per heavy atom. The van der Waals surface area contributed by atoms with Crippen LogP contribution >= 0.6 is 11.3 Å². The first-order valence-corrected chi connectivity index (χ1v) is 10.6. The Kier molecular flexibility index (Phi) is 6.14. The fourth-order valence-electron chi connectivity index (χ4n) is 2.99. The number of anilines is 1. The molecule has 0 spiro atoms. The minimum Gasteiger partial charge on any atom is -0.487 e. The molecule has 1 N–H and O–H groups in total. The van der Waals surface area contributed by atoms with Gasteiger partial charge in [0.2, 0.25) is 0 Å². The van der Waals surface area contributed by atoms with E-state index in [0.717, 1.165) is 23.0 Å². The molecule has 3 aromatic heterocycles. The van der Waals surface area contributed by atoms with Crippen LogP contribution in [0.5, 0.6) is 5.75 Å². The summed E-state index contributed by atoms with van der Waals surface area (Å²) >= 11 is 1.53. The average molecular weight is 473 g/mol. The van der Waals surface area contributed by atoms with Gasteiger partial charge in [0.15, 0.2) is 5.82 Å². The lowest BCUT2D eigenvalue weighted by Gasteiger charge is -2.11. The van der Waals surface area contributed by atoms with Crippen LogP contribution in [0.1, 0.15) is 32.3 Å². The first-order valence-electron chi connectivity index (χ1n) is 9.74. The number of amides is 1. The van der Waals surface area contributed by atoms with E-state index in [1.807, 2.05) is 12.3 Å². The maximum absolute atomic E-state index is 12.8. The number of nitrogens with zero attached hydrogens (tertiary/aromatic N) is 4. The molecule has 0 aliphatic rings. The summed E-state index contributed by atoms with van der Waals surface area (Å²) in [6, 6.07) is 10.3. The SMILES string of the molecule is Cc1cc(NC(=O)c2cccc(OCc3csc(C)n3)c2)n(-c2ccc(C(F)(F)F)cn2)n1. The molecule has 1 amide bonds. The molecule has 0 radical (unpaired) electrons. The Morgan fingerprint density at radius 1 is 1.18 bits per heavy atom. The van der Waals surface area contributed by atoms with Gasteiger partial charge in [-0.1, -0.05) is 6.07 Å². The van der Waals surface area contributed by atoms with Gasteiger partial charge in [-0.3, -0.25) is 4.79 Å². The highest BCUT2D eigenvalue weighted by Crippen LogP contribution is 2.29. The van der Waals surface area contributed by atoms with E-state index in [0.29, 0.717) is 17.0 Å². The fraction of sp³-hybridized carbons (Fsp3) is 0.182. The second-order valence-electron chi connectivity index (χ2n) is 7.11. The van der Waals surface area contributed by atoms with E-state index in [1.54, 1.807) is 37.3 Å². The molecular formula is C22H18F3N5O2S. The summed E-state index contributed by atoms with van der Waals surface area (Å²) in [7, 11) is 0. The summed E-state index contributed by atoms with van der Waals surface area (Å²) in [5, 5.41) is 9.81. The van der Waals surface area contributed by atoms with Gasteiger partial charge in [-0.15, -0.1) is 11.3 Å². The largest absolute Gasteiger partial charge is 0.487 e. The van der Waals surface area contributed by atoms with Gasteiger partial charge in [-0.25, -0.2) is 9.97 Å². The first-order chi connectivity index (χ1) is 15.7. The number of aryl methyl sites for hydroxylation is 2. The van der Waals surface area contributed by atoms with Crippen LogP contribution in [0, 0.1) is 13.8 Å². The first kappa shape index (κ1) is 22.5. The van der Waals surface area contributed by atoms with Crippen molar-refractivity contribution >= 4 is 23.1 Å². The number of carbonyl (C=O) groups excluding carboxylic acids is 1. The molecule has 0 atom stereocenters. The smallest absolute Gasteiger partial charge is 0.417 e. The summed E-state index contributed by atoms with van der Waals surface area (Å²) in [5.74, 6) is 0.483. The molecule has 0 unspecified atom stereocenters. The molecule has 0 saturated heterocycles. The van der Waals surface area contributed by atoms with Gasteiger partial charge >= 0.3 is 6.18 Å². The number of rotatable bonds is 6. The highest BCUT2D eigenvalue weighted by molar-refractivity contribution is 7.09. The number of halogens is 3. The molecule has 4 aromatic rings. The molecule has 3 heterocycles.